The molecule has 1 saturated heterocycles. The number of nitrogens with one attached hydrogen (secondary N) is 1. The van der Waals surface area contributed by atoms with Crippen molar-refractivity contribution in [2.75, 3.05) is 19.0 Å². The largest absolute Gasteiger partial charge is 0.497 e. The summed E-state index contributed by atoms with van der Waals surface area (Å²) in [5.74, 6) is 0.764. The summed E-state index contributed by atoms with van der Waals surface area (Å²) in [5.41, 5.74) is 2.57. The molecule has 4 heteroatoms. The zero-order chi connectivity index (χ0) is 14.8. The van der Waals surface area contributed by atoms with Gasteiger partial charge in [-0.25, -0.2) is 0 Å². The summed E-state index contributed by atoms with van der Waals surface area (Å²) < 4.78 is 5.28. The van der Waals surface area contributed by atoms with Crippen molar-refractivity contribution in [1.29, 1.82) is 0 Å². The highest BCUT2D eigenvalue weighted by atomic mass is 16.5. The highest BCUT2D eigenvalue weighted by Crippen LogP contribution is 2.35. The van der Waals surface area contributed by atoms with Crippen molar-refractivity contribution in [2.24, 2.45) is 0 Å². The van der Waals surface area contributed by atoms with E-state index in [4.69, 9.17) is 4.74 Å². The van der Waals surface area contributed by atoms with Gasteiger partial charge < -0.3 is 15.0 Å². The molecule has 0 bridgehead atoms. The van der Waals surface area contributed by atoms with Crippen molar-refractivity contribution < 1.29 is 9.53 Å². The first-order valence-corrected chi connectivity index (χ1v) is 7.70. The second kappa shape index (κ2) is 5.80. The standard InChI is InChI=1S/C17H22N2O2/c1-3-12-6-4-5-9-19(12)11-15-14-10-13(21-2)7-8-16(14)18-17(15)20/h7-8,10-12H,3-6,9H2,1-2H3,(H,18,20)/b15-11+. The van der Waals surface area contributed by atoms with E-state index in [1.807, 2.05) is 24.4 Å². The summed E-state index contributed by atoms with van der Waals surface area (Å²) in [5, 5.41) is 2.93. The van der Waals surface area contributed by atoms with Gasteiger partial charge in [0, 0.05) is 30.0 Å². The number of benzene rings is 1. The summed E-state index contributed by atoms with van der Waals surface area (Å²) in [6.45, 7) is 3.25. The van der Waals surface area contributed by atoms with E-state index >= 15 is 0 Å². The van der Waals surface area contributed by atoms with Crippen LogP contribution in [-0.4, -0.2) is 30.5 Å². The van der Waals surface area contributed by atoms with Crippen LogP contribution >= 0.6 is 0 Å². The molecule has 21 heavy (non-hydrogen) atoms. The van der Waals surface area contributed by atoms with Gasteiger partial charge in [-0.1, -0.05) is 6.92 Å². The maximum absolute atomic E-state index is 12.3. The maximum Gasteiger partial charge on any atom is 0.257 e. The molecule has 1 aromatic carbocycles. The number of anilines is 1. The lowest BCUT2D eigenvalue weighted by Gasteiger charge is -2.34. The number of carbonyl (C=O) groups is 1. The number of nitrogens with zero attached hydrogens (tertiary/aromatic N) is 1. The van der Waals surface area contributed by atoms with Crippen LogP contribution < -0.4 is 10.1 Å². The number of ether oxygens (including phenoxy) is 1. The molecule has 2 aliphatic rings. The Hall–Kier alpha value is -1.97. The first-order valence-electron chi connectivity index (χ1n) is 7.70. The van der Waals surface area contributed by atoms with Crippen LogP contribution in [0.4, 0.5) is 5.69 Å². The van der Waals surface area contributed by atoms with Crippen LogP contribution in [-0.2, 0) is 4.79 Å². The third-order valence-corrected chi connectivity index (χ3v) is 4.45. The molecule has 4 nitrogen and oxygen atoms in total. The first kappa shape index (κ1) is 14.0. The number of amides is 1. The lowest BCUT2D eigenvalue weighted by atomic mass is 9.99. The van der Waals surface area contributed by atoms with Crippen LogP contribution in [0.2, 0.25) is 0 Å². The van der Waals surface area contributed by atoms with Crippen LogP contribution in [0.3, 0.4) is 0 Å². The van der Waals surface area contributed by atoms with Gasteiger partial charge in [-0.15, -0.1) is 0 Å². The monoisotopic (exact) mass is 286 g/mol. The third-order valence-electron chi connectivity index (χ3n) is 4.45. The summed E-state index contributed by atoms with van der Waals surface area (Å²) in [6, 6.07) is 6.26. The van der Waals surface area contributed by atoms with Crippen molar-refractivity contribution in [3.05, 3.63) is 30.0 Å². The highest BCUT2D eigenvalue weighted by Gasteiger charge is 2.27. The van der Waals surface area contributed by atoms with E-state index in [0.29, 0.717) is 6.04 Å². The third kappa shape index (κ3) is 2.62. The predicted octanol–water partition coefficient (Wildman–Crippen LogP) is 3.25. The minimum Gasteiger partial charge on any atom is -0.497 e. The molecule has 1 atom stereocenters. The van der Waals surface area contributed by atoms with Gasteiger partial charge in [0.1, 0.15) is 5.75 Å². The van der Waals surface area contributed by atoms with Crippen molar-refractivity contribution >= 4 is 17.2 Å². The minimum absolute atomic E-state index is 0.0151. The smallest absolute Gasteiger partial charge is 0.257 e. The zero-order valence-electron chi connectivity index (χ0n) is 12.7. The van der Waals surface area contributed by atoms with Gasteiger partial charge in [0.05, 0.1) is 12.7 Å². The van der Waals surface area contributed by atoms with Crippen LogP contribution in [0.25, 0.3) is 5.57 Å². The molecular weight excluding hydrogens is 264 g/mol. The Morgan fingerprint density at radius 2 is 2.29 bits per heavy atom. The Bertz CT molecular complexity index is 580. The average molecular weight is 286 g/mol. The molecule has 2 heterocycles. The molecule has 1 fully saturated rings. The molecule has 0 saturated carbocycles. The van der Waals surface area contributed by atoms with Crippen molar-refractivity contribution in [3.63, 3.8) is 0 Å². The average Bonchev–Trinajstić information content (AvgIpc) is 2.83. The van der Waals surface area contributed by atoms with E-state index in [9.17, 15) is 4.79 Å². The van der Waals surface area contributed by atoms with E-state index in [1.54, 1.807) is 7.11 Å². The molecule has 1 N–H and O–H groups in total. The molecule has 1 unspecified atom stereocenters. The number of hydrogen-bond donors (Lipinski definition) is 1. The molecule has 2 aliphatic heterocycles. The van der Waals surface area contributed by atoms with Crippen molar-refractivity contribution in [3.8, 4) is 5.75 Å². The second-order valence-corrected chi connectivity index (χ2v) is 5.70. The fraction of sp³-hybridized carbons (Fsp3) is 0.471. The van der Waals surface area contributed by atoms with E-state index in [1.165, 1.54) is 19.3 Å². The van der Waals surface area contributed by atoms with Crippen LogP contribution in [0.1, 0.15) is 38.2 Å². The molecule has 1 amide bonds. The second-order valence-electron chi connectivity index (χ2n) is 5.70. The summed E-state index contributed by atoms with van der Waals surface area (Å²) in [4.78, 5) is 14.6. The van der Waals surface area contributed by atoms with E-state index in [-0.39, 0.29) is 5.91 Å². The Balaban J connectivity index is 1.95. The van der Waals surface area contributed by atoms with Gasteiger partial charge >= 0.3 is 0 Å². The molecular formula is C17H22N2O2. The van der Waals surface area contributed by atoms with Gasteiger partial charge in [-0.3, -0.25) is 4.79 Å². The Morgan fingerprint density at radius 1 is 1.43 bits per heavy atom. The maximum atomic E-state index is 12.3. The van der Waals surface area contributed by atoms with Crippen LogP contribution in [0.5, 0.6) is 5.75 Å². The molecule has 112 valence electrons. The van der Waals surface area contributed by atoms with E-state index < -0.39 is 0 Å². The zero-order valence-corrected chi connectivity index (χ0v) is 12.7. The number of piperidine rings is 1. The Morgan fingerprint density at radius 3 is 3.05 bits per heavy atom. The molecule has 0 radical (unpaired) electrons. The van der Waals surface area contributed by atoms with Gasteiger partial charge in [-0.2, -0.15) is 0 Å². The molecule has 0 aliphatic carbocycles. The fourth-order valence-electron chi connectivity index (χ4n) is 3.22. The number of rotatable bonds is 3. The van der Waals surface area contributed by atoms with Crippen LogP contribution in [0.15, 0.2) is 24.4 Å². The highest BCUT2D eigenvalue weighted by molar-refractivity contribution is 6.31. The van der Waals surface area contributed by atoms with E-state index in [0.717, 1.165) is 35.5 Å². The van der Waals surface area contributed by atoms with Gasteiger partial charge in [-0.05, 0) is 43.9 Å². The number of hydrogen-bond acceptors (Lipinski definition) is 3. The van der Waals surface area contributed by atoms with E-state index in [2.05, 4.69) is 17.1 Å². The summed E-state index contributed by atoms with van der Waals surface area (Å²) >= 11 is 0. The van der Waals surface area contributed by atoms with Gasteiger partial charge in [0.2, 0.25) is 0 Å². The lowest BCUT2D eigenvalue weighted by Crippen LogP contribution is -2.35. The molecule has 3 rings (SSSR count). The summed E-state index contributed by atoms with van der Waals surface area (Å²) in [7, 11) is 1.65. The predicted molar refractivity (Wildman–Crippen MR) is 84.2 cm³/mol. The molecule has 0 spiro atoms. The topological polar surface area (TPSA) is 41.6 Å². The van der Waals surface area contributed by atoms with Gasteiger partial charge in [0.15, 0.2) is 0 Å². The Labute approximate surface area is 125 Å². The first-order chi connectivity index (χ1) is 10.2. The number of likely N-dealkylation sites (tertiary alicyclic amines) is 1. The van der Waals surface area contributed by atoms with Crippen LogP contribution in [0, 0.1) is 0 Å². The minimum atomic E-state index is -0.0151. The summed E-state index contributed by atoms with van der Waals surface area (Å²) in [6.07, 6.45) is 6.87. The van der Waals surface area contributed by atoms with Crippen molar-refractivity contribution in [1.82, 2.24) is 4.90 Å². The number of carbonyl (C=O) groups excluding carboxylic acids is 1. The Kier molecular flexibility index (Phi) is 3.86. The van der Waals surface area contributed by atoms with Gasteiger partial charge in [0.25, 0.3) is 5.91 Å². The quantitative estimate of drug-likeness (QED) is 0.867. The fourth-order valence-corrected chi connectivity index (χ4v) is 3.22. The number of methoxy groups -OCH3 is 1. The lowest BCUT2D eigenvalue weighted by molar-refractivity contribution is -0.110. The molecule has 1 aromatic rings. The number of fused-ring (bicyclic) bond motifs is 1. The normalized spacial score (nSPS) is 23.1. The SMILES string of the molecule is CCC1CCCCN1/C=C1/C(=O)Nc2ccc(OC)cc21. The van der Waals surface area contributed by atoms with Crippen molar-refractivity contribution in [2.45, 2.75) is 38.6 Å². The molecule has 0 aromatic heterocycles.